The number of benzene rings is 1. The molecule has 2 aromatic rings. The summed E-state index contributed by atoms with van der Waals surface area (Å²) in [5.41, 5.74) is 9.41. The second kappa shape index (κ2) is 8.03. The predicted molar refractivity (Wildman–Crippen MR) is 113 cm³/mol. The minimum Gasteiger partial charge on any atom is -0.436 e. The Balaban J connectivity index is 1.83. The van der Waals surface area contributed by atoms with E-state index in [-0.39, 0.29) is 11.9 Å². The van der Waals surface area contributed by atoms with E-state index in [9.17, 15) is 4.79 Å². The Bertz CT molecular complexity index is 967. The molecule has 7 heteroatoms. The Labute approximate surface area is 170 Å². The van der Waals surface area contributed by atoms with Gasteiger partial charge in [-0.3, -0.25) is 14.8 Å². The average Bonchev–Trinajstić information content (AvgIpc) is 3.54. The van der Waals surface area contributed by atoms with Gasteiger partial charge < -0.3 is 15.4 Å². The molecule has 29 heavy (non-hydrogen) atoms. The number of ether oxygens (including phenoxy) is 1. The summed E-state index contributed by atoms with van der Waals surface area (Å²) in [5, 5.41) is 0. The molecule has 0 bridgehead atoms. The van der Waals surface area contributed by atoms with Crippen LogP contribution in [-0.4, -0.2) is 34.2 Å². The van der Waals surface area contributed by atoms with Gasteiger partial charge in [0.2, 0.25) is 11.8 Å². The van der Waals surface area contributed by atoms with Gasteiger partial charge in [0.1, 0.15) is 5.75 Å². The molecule has 1 aromatic carbocycles. The van der Waals surface area contributed by atoms with E-state index >= 15 is 0 Å². The first-order valence-electron chi connectivity index (χ1n) is 9.93. The van der Waals surface area contributed by atoms with Crippen LogP contribution in [0.15, 0.2) is 41.9 Å². The van der Waals surface area contributed by atoms with Crippen LogP contribution in [0, 0.1) is 0 Å². The van der Waals surface area contributed by atoms with Crippen LogP contribution in [0.1, 0.15) is 44.2 Å². The number of hydrogen-bond acceptors (Lipinski definition) is 6. The van der Waals surface area contributed by atoms with Crippen molar-refractivity contribution < 1.29 is 9.53 Å². The maximum Gasteiger partial charge on any atom is 0.237 e. The largest absolute Gasteiger partial charge is 0.436 e. The number of hydrogen-bond donors (Lipinski definition) is 1. The Hall–Kier alpha value is -3.22. The highest BCUT2D eigenvalue weighted by atomic mass is 16.5. The topological polar surface area (TPSA) is 93.7 Å². The van der Waals surface area contributed by atoms with Crippen LogP contribution in [0.25, 0.3) is 5.57 Å². The maximum atomic E-state index is 12.3. The minimum absolute atomic E-state index is 0.0153. The van der Waals surface area contributed by atoms with Crippen molar-refractivity contribution in [3.8, 4) is 11.6 Å². The molecule has 0 spiro atoms. The third kappa shape index (κ3) is 3.99. The number of fused-ring (bicyclic) bond motifs is 1. The van der Waals surface area contributed by atoms with Crippen LogP contribution >= 0.6 is 0 Å². The van der Waals surface area contributed by atoms with E-state index in [2.05, 4.69) is 21.9 Å². The molecular formula is C22H25N5O2. The van der Waals surface area contributed by atoms with Crippen LogP contribution in [0.5, 0.6) is 11.6 Å². The van der Waals surface area contributed by atoms with E-state index in [0.29, 0.717) is 17.7 Å². The zero-order valence-corrected chi connectivity index (χ0v) is 16.7. The van der Waals surface area contributed by atoms with Crippen molar-refractivity contribution in [1.29, 1.82) is 0 Å². The van der Waals surface area contributed by atoms with Crippen LogP contribution in [0.4, 0.5) is 5.69 Å². The van der Waals surface area contributed by atoms with Crippen molar-refractivity contribution >= 4 is 23.4 Å². The van der Waals surface area contributed by atoms with Crippen molar-refractivity contribution in [1.82, 2.24) is 9.97 Å². The first-order valence-corrected chi connectivity index (χ1v) is 9.93. The SMILES string of the molecule is CC(=O)N1c2ccc(C(C=NC3CC3)=CN)c(Oc3cnccn3)c2CC[C@@H]1C. The quantitative estimate of drug-likeness (QED) is 0.788. The van der Waals surface area contributed by atoms with Gasteiger partial charge in [0, 0.05) is 54.5 Å². The van der Waals surface area contributed by atoms with E-state index in [1.165, 1.54) is 0 Å². The zero-order valence-electron chi connectivity index (χ0n) is 16.7. The fraction of sp³-hybridized carbons (Fsp3) is 0.364. The van der Waals surface area contributed by atoms with Gasteiger partial charge in [-0.1, -0.05) is 0 Å². The Morgan fingerprint density at radius 3 is 2.79 bits per heavy atom. The minimum atomic E-state index is 0.0153. The fourth-order valence-electron chi connectivity index (χ4n) is 3.68. The molecule has 7 nitrogen and oxygen atoms in total. The molecular weight excluding hydrogens is 366 g/mol. The number of aromatic nitrogens is 2. The molecule has 150 valence electrons. The molecule has 1 aliphatic carbocycles. The van der Waals surface area contributed by atoms with E-state index in [1.54, 1.807) is 31.7 Å². The molecule has 1 aliphatic heterocycles. The summed E-state index contributed by atoms with van der Waals surface area (Å²) in [7, 11) is 0. The standard InChI is InChI=1S/C22H25N5O2/c1-14-3-6-19-20(27(14)15(2)28)8-7-18(16(11-23)12-26-17-4-5-17)22(19)29-21-13-24-9-10-25-21/h7-14,17H,3-6,23H2,1-2H3/t14-/m0/s1. The number of allylic oxidation sites excluding steroid dienone is 1. The normalized spacial score (nSPS) is 19.3. The smallest absolute Gasteiger partial charge is 0.237 e. The lowest BCUT2D eigenvalue weighted by atomic mass is 9.92. The van der Waals surface area contributed by atoms with Crippen molar-refractivity contribution in [2.24, 2.45) is 10.7 Å². The van der Waals surface area contributed by atoms with E-state index < -0.39 is 0 Å². The molecule has 2 N–H and O–H groups in total. The van der Waals surface area contributed by atoms with Crippen LogP contribution in [-0.2, 0) is 11.2 Å². The van der Waals surface area contributed by atoms with Crippen LogP contribution in [0.3, 0.4) is 0 Å². The number of carbonyl (C=O) groups is 1. The fourth-order valence-corrected chi connectivity index (χ4v) is 3.68. The number of nitrogens with zero attached hydrogens (tertiary/aromatic N) is 4. The predicted octanol–water partition coefficient (Wildman–Crippen LogP) is 3.49. The van der Waals surface area contributed by atoms with Gasteiger partial charge in [-0.25, -0.2) is 4.98 Å². The summed E-state index contributed by atoms with van der Waals surface area (Å²) in [5.74, 6) is 1.06. The molecule has 1 fully saturated rings. The third-order valence-corrected chi connectivity index (χ3v) is 5.30. The van der Waals surface area contributed by atoms with Crippen LogP contribution in [0.2, 0.25) is 0 Å². The summed E-state index contributed by atoms with van der Waals surface area (Å²) in [6.07, 6.45) is 12.0. The first kappa shape index (κ1) is 19.1. The molecule has 0 saturated heterocycles. The molecule has 1 saturated carbocycles. The lowest BCUT2D eigenvalue weighted by molar-refractivity contribution is -0.117. The maximum absolute atomic E-state index is 12.3. The van der Waals surface area contributed by atoms with Crippen molar-refractivity contribution in [3.05, 3.63) is 48.1 Å². The number of nitrogens with two attached hydrogens (primary N) is 1. The summed E-state index contributed by atoms with van der Waals surface area (Å²) >= 11 is 0. The molecule has 4 rings (SSSR count). The van der Waals surface area contributed by atoms with Gasteiger partial charge in [-0.15, -0.1) is 0 Å². The average molecular weight is 391 g/mol. The highest BCUT2D eigenvalue weighted by molar-refractivity contribution is 6.11. The number of anilines is 1. The third-order valence-electron chi connectivity index (χ3n) is 5.30. The molecule has 0 radical (unpaired) electrons. The zero-order chi connectivity index (χ0) is 20.4. The van der Waals surface area contributed by atoms with Crippen molar-refractivity contribution in [2.75, 3.05) is 4.90 Å². The summed E-state index contributed by atoms with van der Waals surface area (Å²) in [6.45, 7) is 3.66. The molecule has 2 heterocycles. The summed E-state index contributed by atoms with van der Waals surface area (Å²) < 4.78 is 6.21. The van der Waals surface area contributed by atoms with Gasteiger partial charge in [-0.2, -0.15) is 0 Å². The lowest BCUT2D eigenvalue weighted by Crippen LogP contribution is -2.40. The molecule has 0 unspecified atom stereocenters. The van der Waals surface area contributed by atoms with Gasteiger partial charge in [0.05, 0.1) is 17.9 Å². The Kier molecular flexibility index (Phi) is 5.29. The molecule has 1 atom stereocenters. The molecule has 1 amide bonds. The second-order valence-electron chi connectivity index (χ2n) is 7.49. The number of aliphatic imine (C=N–C) groups is 1. The summed E-state index contributed by atoms with van der Waals surface area (Å²) in [4.78, 5) is 27.1. The van der Waals surface area contributed by atoms with Gasteiger partial charge in [-0.05, 0) is 44.7 Å². The highest BCUT2D eigenvalue weighted by Gasteiger charge is 2.30. The van der Waals surface area contributed by atoms with Gasteiger partial charge >= 0.3 is 0 Å². The summed E-state index contributed by atoms with van der Waals surface area (Å²) in [6, 6.07) is 4.44. The lowest BCUT2D eigenvalue weighted by Gasteiger charge is -2.35. The second-order valence-corrected chi connectivity index (χ2v) is 7.49. The van der Waals surface area contributed by atoms with E-state index in [4.69, 9.17) is 10.5 Å². The van der Waals surface area contributed by atoms with E-state index in [0.717, 1.165) is 48.1 Å². The molecule has 2 aliphatic rings. The monoisotopic (exact) mass is 391 g/mol. The van der Waals surface area contributed by atoms with E-state index in [1.807, 2.05) is 23.2 Å². The highest BCUT2D eigenvalue weighted by Crippen LogP contribution is 2.42. The van der Waals surface area contributed by atoms with Crippen molar-refractivity contribution in [3.63, 3.8) is 0 Å². The first-order chi connectivity index (χ1) is 14.1. The Morgan fingerprint density at radius 2 is 2.14 bits per heavy atom. The van der Waals surface area contributed by atoms with Crippen LogP contribution < -0.4 is 15.4 Å². The number of carbonyl (C=O) groups excluding carboxylic acids is 1. The van der Waals surface area contributed by atoms with Crippen molar-refractivity contribution in [2.45, 2.75) is 51.6 Å². The molecule has 1 aromatic heterocycles. The Morgan fingerprint density at radius 1 is 1.31 bits per heavy atom. The van der Waals surface area contributed by atoms with Gasteiger partial charge in [0.15, 0.2) is 0 Å². The number of rotatable bonds is 5. The number of amides is 1. The van der Waals surface area contributed by atoms with Gasteiger partial charge in [0.25, 0.3) is 0 Å².